The van der Waals surface area contributed by atoms with Gasteiger partial charge < -0.3 is 9.84 Å². The monoisotopic (exact) mass is 272 g/mol. The number of nitrogens with zero attached hydrogens (tertiary/aromatic N) is 2. The first-order valence-corrected chi connectivity index (χ1v) is 6.42. The number of carboxylic acids is 1. The maximum Gasteiger partial charge on any atom is 0.357 e. The summed E-state index contributed by atoms with van der Waals surface area (Å²) in [5.41, 5.74) is 0.309. The van der Waals surface area contributed by atoms with E-state index in [2.05, 4.69) is 4.98 Å². The first kappa shape index (κ1) is 14.6. The Balaban J connectivity index is 2.48. The van der Waals surface area contributed by atoms with Crippen LogP contribution in [0, 0.1) is 0 Å². The zero-order valence-corrected chi connectivity index (χ0v) is 11.2. The Morgan fingerprint density at radius 3 is 2.89 bits per heavy atom. The Morgan fingerprint density at radius 1 is 1.56 bits per heavy atom. The lowest BCUT2D eigenvalue weighted by Gasteiger charge is -2.12. The summed E-state index contributed by atoms with van der Waals surface area (Å²) in [4.78, 5) is 27.8. The molecule has 0 aliphatic rings. The summed E-state index contributed by atoms with van der Waals surface area (Å²) in [6.07, 6.45) is 0.0899. The van der Waals surface area contributed by atoms with E-state index in [1.165, 1.54) is 11.3 Å². The molecule has 0 atom stereocenters. The second-order valence-corrected chi connectivity index (χ2v) is 4.67. The number of carbonyl (C=O) groups excluding carboxylic acids is 1. The Hall–Kier alpha value is -1.47. The third-order valence-electron chi connectivity index (χ3n) is 2.15. The molecule has 100 valence electrons. The van der Waals surface area contributed by atoms with Gasteiger partial charge in [-0.3, -0.25) is 9.69 Å². The Kier molecular flexibility index (Phi) is 5.73. The lowest BCUT2D eigenvalue weighted by molar-refractivity contribution is -0.137. The van der Waals surface area contributed by atoms with E-state index < -0.39 is 11.9 Å². The van der Waals surface area contributed by atoms with E-state index >= 15 is 0 Å². The molecule has 0 spiro atoms. The van der Waals surface area contributed by atoms with Crippen molar-refractivity contribution in [3.63, 3.8) is 0 Å². The van der Waals surface area contributed by atoms with Gasteiger partial charge in [0.15, 0.2) is 5.69 Å². The van der Waals surface area contributed by atoms with Crippen LogP contribution in [-0.2, 0) is 16.1 Å². The molecule has 1 aromatic rings. The van der Waals surface area contributed by atoms with Crippen LogP contribution in [-0.4, -0.2) is 47.1 Å². The number of hydrogen-bond donors (Lipinski definition) is 1. The topological polar surface area (TPSA) is 79.7 Å². The van der Waals surface area contributed by atoms with Gasteiger partial charge in [0, 0.05) is 11.9 Å². The number of aromatic nitrogens is 1. The summed E-state index contributed by atoms with van der Waals surface area (Å²) >= 11 is 1.37. The molecule has 1 rings (SSSR count). The number of rotatable bonds is 7. The van der Waals surface area contributed by atoms with Gasteiger partial charge in [0.1, 0.15) is 5.01 Å². The molecule has 0 saturated carbocycles. The van der Waals surface area contributed by atoms with Crippen LogP contribution in [0.4, 0.5) is 0 Å². The van der Waals surface area contributed by atoms with Crippen molar-refractivity contribution in [1.82, 2.24) is 9.88 Å². The van der Waals surface area contributed by atoms with Gasteiger partial charge in [-0.05, 0) is 14.0 Å². The number of ether oxygens (including phenoxy) is 1. The minimum Gasteiger partial charge on any atom is -0.481 e. The normalized spacial score (nSPS) is 10.6. The van der Waals surface area contributed by atoms with Crippen LogP contribution in [0.1, 0.15) is 28.8 Å². The van der Waals surface area contributed by atoms with Gasteiger partial charge in [0.25, 0.3) is 0 Å². The fourth-order valence-electron chi connectivity index (χ4n) is 1.28. The van der Waals surface area contributed by atoms with Crippen LogP contribution in [0.3, 0.4) is 0 Å². The summed E-state index contributed by atoms with van der Waals surface area (Å²) in [6.45, 7) is 3.04. The van der Waals surface area contributed by atoms with Crippen LogP contribution in [0.5, 0.6) is 0 Å². The Labute approximate surface area is 109 Å². The van der Waals surface area contributed by atoms with Crippen molar-refractivity contribution in [1.29, 1.82) is 0 Å². The van der Waals surface area contributed by atoms with E-state index in [0.717, 1.165) is 5.01 Å². The van der Waals surface area contributed by atoms with Gasteiger partial charge >= 0.3 is 11.9 Å². The van der Waals surface area contributed by atoms with E-state index in [0.29, 0.717) is 25.4 Å². The highest BCUT2D eigenvalue weighted by Gasteiger charge is 2.12. The third-order valence-corrected chi connectivity index (χ3v) is 2.98. The van der Waals surface area contributed by atoms with Crippen molar-refractivity contribution < 1.29 is 19.4 Å². The standard InChI is InChI=1S/C11H16N2O4S/c1-3-17-11(16)8-7-18-9(12-8)6-13(2)5-4-10(14)15/h7H,3-6H2,1-2H3,(H,14,15). The Bertz CT molecular complexity index is 419. The van der Waals surface area contributed by atoms with Crippen LogP contribution in [0.15, 0.2) is 5.38 Å². The maximum atomic E-state index is 11.4. The highest BCUT2D eigenvalue weighted by atomic mass is 32.1. The van der Waals surface area contributed by atoms with E-state index in [1.807, 2.05) is 11.9 Å². The molecule has 1 heterocycles. The fraction of sp³-hybridized carbons (Fsp3) is 0.545. The zero-order valence-electron chi connectivity index (χ0n) is 10.4. The van der Waals surface area contributed by atoms with E-state index in [1.54, 1.807) is 12.3 Å². The molecule has 6 nitrogen and oxygen atoms in total. The number of hydrogen-bond acceptors (Lipinski definition) is 6. The third kappa shape index (κ3) is 4.80. The fourth-order valence-corrected chi connectivity index (χ4v) is 2.12. The minimum atomic E-state index is -0.826. The van der Waals surface area contributed by atoms with Crippen molar-refractivity contribution in [2.75, 3.05) is 20.2 Å². The van der Waals surface area contributed by atoms with Crippen LogP contribution < -0.4 is 0 Å². The van der Waals surface area contributed by atoms with Crippen molar-refractivity contribution in [2.24, 2.45) is 0 Å². The molecule has 0 saturated heterocycles. The predicted molar refractivity (Wildman–Crippen MR) is 66.7 cm³/mol. The van der Waals surface area contributed by atoms with Crippen LogP contribution in [0.25, 0.3) is 0 Å². The molecule has 18 heavy (non-hydrogen) atoms. The molecule has 1 aromatic heterocycles. The van der Waals surface area contributed by atoms with Gasteiger partial charge in [-0.15, -0.1) is 11.3 Å². The smallest absolute Gasteiger partial charge is 0.357 e. The van der Waals surface area contributed by atoms with Crippen molar-refractivity contribution in [2.45, 2.75) is 19.9 Å². The number of carboxylic acid groups (broad SMARTS) is 1. The predicted octanol–water partition coefficient (Wildman–Crippen LogP) is 1.23. The summed E-state index contributed by atoms with van der Waals surface area (Å²) < 4.78 is 4.84. The SMILES string of the molecule is CCOC(=O)c1csc(CN(C)CCC(=O)O)n1. The quantitative estimate of drug-likeness (QED) is 0.752. The average molecular weight is 272 g/mol. The summed E-state index contributed by atoms with van der Waals surface area (Å²) in [7, 11) is 1.81. The zero-order chi connectivity index (χ0) is 13.5. The molecule has 1 N–H and O–H groups in total. The van der Waals surface area contributed by atoms with Crippen molar-refractivity contribution in [3.8, 4) is 0 Å². The number of carbonyl (C=O) groups is 2. The summed E-state index contributed by atoms with van der Waals surface area (Å²) in [6, 6.07) is 0. The highest BCUT2D eigenvalue weighted by Crippen LogP contribution is 2.12. The van der Waals surface area contributed by atoms with Gasteiger partial charge in [0.05, 0.1) is 19.6 Å². The second kappa shape index (κ2) is 7.07. The van der Waals surface area contributed by atoms with E-state index in [4.69, 9.17) is 9.84 Å². The first-order chi connectivity index (χ1) is 8.52. The molecule has 0 amide bonds. The largest absolute Gasteiger partial charge is 0.481 e. The van der Waals surface area contributed by atoms with E-state index in [9.17, 15) is 9.59 Å². The summed E-state index contributed by atoms with van der Waals surface area (Å²) in [5, 5.41) is 11.0. The summed E-state index contributed by atoms with van der Waals surface area (Å²) in [5.74, 6) is -1.25. The number of thiazole rings is 1. The molecule has 7 heteroatoms. The molecule has 0 aliphatic heterocycles. The molecule has 0 radical (unpaired) electrons. The van der Waals surface area contributed by atoms with E-state index in [-0.39, 0.29) is 6.42 Å². The lowest BCUT2D eigenvalue weighted by Crippen LogP contribution is -2.21. The number of aliphatic carboxylic acids is 1. The second-order valence-electron chi connectivity index (χ2n) is 3.73. The minimum absolute atomic E-state index is 0.0899. The molecule has 0 aliphatic carbocycles. The molecule has 0 bridgehead atoms. The van der Waals surface area contributed by atoms with Gasteiger partial charge in [-0.1, -0.05) is 0 Å². The van der Waals surface area contributed by atoms with Crippen LogP contribution in [0.2, 0.25) is 0 Å². The molecular weight excluding hydrogens is 256 g/mol. The lowest BCUT2D eigenvalue weighted by atomic mass is 10.4. The average Bonchev–Trinajstić information content (AvgIpc) is 2.75. The van der Waals surface area contributed by atoms with Gasteiger partial charge in [-0.25, -0.2) is 9.78 Å². The molecule has 0 aromatic carbocycles. The molecular formula is C11H16N2O4S. The first-order valence-electron chi connectivity index (χ1n) is 5.54. The maximum absolute atomic E-state index is 11.4. The van der Waals surface area contributed by atoms with Crippen molar-refractivity contribution in [3.05, 3.63) is 16.1 Å². The van der Waals surface area contributed by atoms with Gasteiger partial charge in [-0.2, -0.15) is 0 Å². The Morgan fingerprint density at radius 2 is 2.28 bits per heavy atom. The van der Waals surface area contributed by atoms with Gasteiger partial charge in [0.2, 0.25) is 0 Å². The number of esters is 1. The highest BCUT2D eigenvalue weighted by molar-refractivity contribution is 7.09. The molecule has 0 unspecified atom stereocenters. The van der Waals surface area contributed by atoms with Crippen molar-refractivity contribution >= 4 is 23.3 Å². The van der Waals surface area contributed by atoms with Crippen LogP contribution >= 0.6 is 11.3 Å². The molecule has 0 fully saturated rings.